The van der Waals surface area contributed by atoms with Gasteiger partial charge in [0.25, 0.3) is 0 Å². The maximum absolute atomic E-state index is 13.4. The summed E-state index contributed by atoms with van der Waals surface area (Å²) >= 11 is 0. The van der Waals surface area contributed by atoms with Crippen LogP contribution in [-0.4, -0.2) is 24.3 Å². The summed E-state index contributed by atoms with van der Waals surface area (Å²) in [6, 6.07) is 5.09. The largest absolute Gasteiger partial charge is 0.444 e. The van der Waals surface area contributed by atoms with Gasteiger partial charge in [-0.1, -0.05) is 12.1 Å². The van der Waals surface area contributed by atoms with Crippen LogP contribution in [0.3, 0.4) is 0 Å². The molecule has 5 heteroatoms. The Morgan fingerprint density at radius 1 is 1.38 bits per heavy atom. The highest BCUT2D eigenvalue weighted by molar-refractivity contribution is 5.68. The van der Waals surface area contributed by atoms with Crippen molar-refractivity contribution in [3.8, 4) is 0 Å². The molecule has 0 aliphatic heterocycles. The van der Waals surface area contributed by atoms with Gasteiger partial charge in [-0.05, 0) is 51.8 Å². The lowest BCUT2D eigenvalue weighted by Gasteiger charge is -2.22. The van der Waals surface area contributed by atoms with Gasteiger partial charge in [0.05, 0.1) is 0 Å². The summed E-state index contributed by atoms with van der Waals surface area (Å²) in [6.45, 7) is 10.2. The highest BCUT2D eigenvalue weighted by atomic mass is 19.1. The van der Waals surface area contributed by atoms with E-state index in [1.165, 1.54) is 6.07 Å². The number of carbonyl (C=O) groups excluding carboxylic acids is 1. The lowest BCUT2D eigenvalue weighted by Crippen LogP contribution is -2.42. The minimum atomic E-state index is -0.503. The molecular formula is C16H25FN2O2. The van der Waals surface area contributed by atoms with Crippen molar-refractivity contribution in [2.24, 2.45) is 0 Å². The zero-order valence-corrected chi connectivity index (χ0v) is 13.4. The third kappa shape index (κ3) is 7.09. The molecule has 2 N–H and O–H groups in total. The second-order valence-corrected chi connectivity index (χ2v) is 6.26. The molecule has 0 bridgehead atoms. The number of rotatable bonds is 5. The summed E-state index contributed by atoms with van der Waals surface area (Å²) in [5.41, 5.74) is 1.01. The maximum atomic E-state index is 13.4. The molecule has 1 amide bonds. The minimum absolute atomic E-state index is 0.0739. The first-order valence-corrected chi connectivity index (χ1v) is 7.12. The first-order chi connectivity index (χ1) is 9.67. The monoisotopic (exact) mass is 296 g/mol. The van der Waals surface area contributed by atoms with E-state index in [4.69, 9.17) is 4.74 Å². The molecule has 1 unspecified atom stereocenters. The van der Waals surface area contributed by atoms with Crippen molar-refractivity contribution >= 4 is 6.09 Å². The number of alkyl carbamates (subject to hydrolysis) is 1. The van der Waals surface area contributed by atoms with E-state index in [0.717, 1.165) is 5.56 Å². The Bertz CT molecular complexity index is 484. The van der Waals surface area contributed by atoms with Gasteiger partial charge in [-0.2, -0.15) is 0 Å². The fourth-order valence-corrected chi connectivity index (χ4v) is 1.74. The molecule has 4 nitrogen and oxygen atoms in total. The molecule has 1 aromatic rings. The van der Waals surface area contributed by atoms with Crippen molar-refractivity contribution < 1.29 is 13.9 Å². The molecule has 0 aliphatic carbocycles. The highest BCUT2D eigenvalue weighted by Gasteiger charge is 2.17. The van der Waals surface area contributed by atoms with Crippen LogP contribution in [0, 0.1) is 12.7 Å². The van der Waals surface area contributed by atoms with E-state index in [1.807, 2.05) is 33.8 Å². The molecule has 1 atom stereocenters. The Labute approximate surface area is 126 Å². The van der Waals surface area contributed by atoms with E-state index in [0.29, 0.717) is 18.7 Å². The second kappa shape index (κ2) is 7.41. The molecule has 1 aromatic carbocycles. The second-order valence-electron chi connectivity index (χ2n) is 6.26. The molecule has 0 aromatic heterocycles. The summed E-state index contributed by atoms with van der Waals surface area (Å²) in [6.07, 6.45) is -0.432. The number of nitrogens with one attached hydrogen (secondary N) is 2. The summed E-state index contributed by atoms with van der Waals surface area (Å²) in [5.74, 6) is -0.200. The molecule has 0 saturated heterocycles. The topological polar surface area (TPSA) is 50.4 Å². The predicted molar refractivity (Wildman–Crippen MR) is 81.7 cm³/mol. The Morgan fingerprint density at radius 2 is 2.05 bits per heavy atom. The van der Waals surface area contributed by atoms with Crippen LogP contribution in [0.15, 0.2) is 18.2 Å². The number of amides is 1. The Morgan fingerprint density at radius 3 is 2.62 bits per heavy atom. The Kier molecular flexibility index (Phi) is 6.15. The molecule has 0 saturated carbocycles. The number of hydrogen-bond donors (Lipinski definition) is 2. The standard InChI is InChI=1S/C16H25FN2O2/c1-11-6-7-13(8-14(11)17)10-18-9-12(2)19-15(20)21-16(3,4)5/h6-8,12,18H,9-10H2,1-5H3,(H,19,20). The Balaban J connectivity index is 2.31. The van der Waals surface area contributed by atoms with Crippen LogP contribution < -0.4 is 10.6 Å². The number of benzene rings is 1. The minimum Gasteiger partial charge on any atom is -0.444 e. The van der Waals surface area contributed by atoms with Crippen LogP contribution >= 0.6 is 0 Å². The van der Waals surface area contributed by atoms with E-state index in [9.17, 15) is 9.18 Å². The van der Waals surface area contributed by atoms with Crippen molar-refractivity contribution in [3.63, 3.8) is 0 Å². The summed E-state index contributed by atoms with van der Waals surface area (Å²) < 4.78 is 18.6. The molecule has 0 heterocycles. The normalized spacial score (nSPS) is 12.9. The number of aryl methyl sites for hydroxylation is 1. The predicted octanol–water partition coefficient (Wildman–Crippen LogP) is 3.14. The molecule has 0 spiro atoms. The van der Waals surface area contributed by atoms with Crippen LogP contribution in [0.4, 0.5) is 9.18 Å². The molecule has 21 heavy (non-hydrogen) atoms. The van der Waals surface area contributed by atoms with E-state index < -0.39 is 11.7 Å². The zero-order valence-electron chi connectivity index (χ0n) is 13.4. The van der Waals surface area contributed by atoms with Crippen LogP contribution in [0.2, 0.25) is 0 Å². The van der Waals surface area contributed by atoms with Crippen molar-refractivity contribution in [3.05, 3.63) is 35.1 Å². The van der Waals surface area contributed by atoms with Crippen LogP contribution in [0.25, 0.3) is 0 Å². The van der Waals surface area contributed by atoms with Crippen LogP contribution in [-0.2, 0) is 11.3 Å². The van der Waals surface area contributed by atoms with Gasteiger partial charge in [-0.3, -0.25) is 0 Å². The summed E-state index contributed by atoms with van der Waals surface area (Å²) in [4.78, 5) is 11.6. The van der Waals surface area contributed by atoms with Crippen molar-refractivity contribution in [1.29, 1.82) is 0 Å². The first kappa shape index (κ1) is 17.4. The smallest absolute Gasteiger partial charge is 0.407 e. The zero-order chi connectivity index (χ0) is 16.0. The molecule has 0 radical (unpaired) electrons. The third-order valence-corrected chi connectivity index (χ3v) is 2.78. The average molecular weight is 296 g/mol. The number of carbonyl (C=O) groups is 1. The number of halogens is 1. The van der Waals surface area contributed by atoms with E-state index in [2.05, 4.69) is 10.6 Å². The van der Waals surface area contributed by atoms with Gasteiger partial charge < -0.3 is 15.4 Å². The number of hydrogen-bond acceptors (Lipinski definition) is 3. The first-order valence-electron chi connectivity index (χ1n) is 7.12. The van der Waals surface area contributed by atoms with Gasteiger partial charge >= 0.3 is 6.09 Å². The fraction of sp³-hybridized carbons (Fsp3) is 0.562. The SMILES string of the molecule is Cc1ccc(CNCC(C)NC(=O)OC(C)(C)C)cc1F. The van der Waals surface area contributed by atoms with Crippen LogP contribution in [0.1, 0.15) is 38.8 Å². The molecule has 0 aliphatic rings. The van der Waals surface area contributed by atoms with E-state index >= 15 is 0 Å². The lowest BCUT2D eigenvalue weighted by molar-refractivity contribution is 0.0508. The van der Waals surface area contributed by atoms with Gasteiger partial charge in [-0.25, -0.2) is 9.18 Å². The fourth-order valence-electron chi connectivity index (χ4n) is 1.74. The maximum Gasteiger partial charge on any atom is 0.407 e. The highest BCUT2D eigenvalue weighted by Crippen LogP contribution is 2.09. The third-order valence-electron chi connectivity index (χ3n) is 2.78. The van der Waals surface area contributed by atoms with Gasteiger partial charge in [0.2, 0.25) is 0 Å². The van der Waals surface area contributed by atoms with Gasteiger partial charge in [-0.15, -0.1) is 0 Å². The lowest BCUT2D eigenvalue weighted by atomic mass is 10.1. The van der Waals surface area contributed by atoms with Gasteiger partial charge in [0.15, 0.2) is 0 Å². The molecule has 1 rings (SSSR count). The molecular weight excluding hydrogens is 271 g/mol. The van der Waals surface area contributed by atoms with E-state index in [1.54, 1.807) is 13.0 Å². The van der Waals surface area contributed by atoms with Gasteiger partial charge in [0, 0.05) is 19.1 Å². The van der Waals surface area contributed by atoms with Crippen molar-refractivity contribution in [2.45, 2.75) is 52.8 Å². The number of ether oxygens (including phenoxy) is 1. The van der Waals surface area contributed by atoms with Crippen molar-refractivity contribution in [2.75, 3.05) is 6.54 Å². The summed E-state index contributed by atoms with van der Waals surface area (Å²) in [7, 11) is 0. The van der Waals surface area contributed by atoms with Crippen LogP contribution in [0.5, 0.6) is 0 Å². The van der Waals surface area contributed by atoms with E-state index in [-0.39, 0.29) is 11.9 Å². The summed E-state index contributed by atoms with van der Waals surface area (Å²) in [5, 5.41) is 5.92. The van der Waals surface area contributed by atoms with Gasteiger partial charge in [0.1, 0.15) is 11.4 Å². The van der Waals surface area contributed by atoms with Crippen molar-refractivity contribution in [1.82, 2.24) is 10.6 Å². The molecule has 118 valence electrons. The average Bonchev–Trinajstić information content (AvgIpc) is 2.31. The Hall–Kier alpha value is -1.62. The molecule has 0 fully saturated rings. The quantitative estimate of drug-likeness (QED) is 0.877.